The summed E-state index contributed by atoms with van der Waals surface area (Å²) in [4.78, 5) is 11.3. The predicted octanol–water partition coefficient (Wildman–Crippen LogP) is 3.54. The van der Waals surface area contributed by atoms with Crippen molar-refractivity contribution >= 4 is 33.3 Å². The van der Waals surface area contributed by atoms with Crippen LogP contribution < -0.4 is 4.72 Å². The molecule has 2 aromatic carbocycles. The summed E-state index contributed by atoms with van der Waals surface area (Å²) >= 11 is 6.01. The van der Waals surface area contributed by atoms with E-state index in [1.807, 2.05) is 19.9 Å². The van der Waals surface area contributed by atoms with Crippen molar-refractivity contribution in [2.75, 3.05) is 11.8 Å². The fourth-order valence-corrected chi connectivity index (χ4v) is 3.57. The fraction of sp³-hybridized carbons (Fsp3) is 0.188. The van der Waals surface area contributed by atoms with E-state index in [1.165, 1.54) is 25.3 Å². The Morgan fingerprint density at radius 2 is 1.78 bits per heavy atom. The van der Waals surface area contributed by atoms with Crippen LogP contribution in [0, 0.1) is 13.8 Å². The number of methoxy groups -OCH3 is 1. The number of nitrogens with one attached hydrogen (secondary N) is 1. The van der Waals surface area contributed by atoms with Gasteiger partial charge in [0, 0.05) is 5.69 Å². The second-order valence-electron chi connectivity index (χ2n) is 5.04. The van der Waals surface area contributed by atoms with E-state index in [-0.39, 0.29) is 15.5 Å². The first-order valence-corrected chi connectivity index (χ1v) is 8.58. The molecule has 0 saturated carbocycles. The van der Waals surface area contributed by atoms with E-state index in [0.29, 0.717) is 5.69 Å². The maximum atomic E-state index is 12.5. The molecule has 0 aliphatic carbocycles. The molecule has 0 heterocycles. The largest absolute Gasteiger partial charge is 0.465 e. The Balaban J connectivity index is 2.36. The van der Waals surface area contributed by atoms with E-state index < -0.39 is 16.0 Å². The smallest absolute Gasteiger partial charge is 0.337 e. The summed E-state index contributed by atoms with van der Waals surface area (Å²) < 4.78 is 32.0. The highest BCUT2D eigenvalue weighted by Gasteiger charge is 2.20. The second-order valence-corrected chi connectivity index (χ2v) is 7.10. The third-order valence-electron chi connectivity index (χ3n) is 3.40. The lowest BCUT2D eigenvalue weighted by molar-refractivity contribution is 0.0600. The van der Waals surface area contributed by atoms with E-state index in [1.54, 1.807) is 12.1 Å². The minimum Gasteiger partial charge on any atom is -0.465 e. The molecule has 0 saturated heterocycles. The average molecular weight is 354 g/mol. The summed E-state index contributed by atoms with van der Waals surface area (Å²) in [5.41, 5.74) is 2.66. The van der Waals surface area contributed by atoms with Crippen molar-refractivity contribution in [3.63, 3.8) is 0 Å². The Hall–Kier alpha value is -2.05. The molecule has 0 aliphatic rings. The van der Waals surface area contributed by atoms with E-state index >= 15 is 0 Å². The first-order valence-electron chi connectivity index (χ1n) is 6.72. The molecule has 0 fully saturated rings. The van der Waals surface area contributed by atoms with Crippen molar-refractivity contribution in [1.82, 2.24) is 0 Å². The molecule has 1 N–H and O–H groups in total. The van der Waals surface area contributed by atoms with Gasteiger partial charge in [-0.1, -0.05) is 17.7 Å². The second kappa shape index (κ2) is 6.60. The maximum Gasteiger partial charge on any atom is 0.337 e. The number of hydrogen-bond acceptors (Lipinski definition) is 4. The van der Waals surface area contributed by atoms with Crippen LogP contribution >= 0.6 is 11.6 Å². The lowest BCUT2D eigenvalue weighted by atomic mass is 10.1. The number of rotatable bonds is 4. The number of sulfonamides is 1. The molecule has 0 atom stereocenters. The number of halogens is 1. The van der Waals surface area contributed by atoms with Gasteiger partial charge in [0.25, 0.3) is 10.0 Å². The van der Waals surface area contributed by atoms with Crippen molar-refractivity contribution in [1.29, 1.82) is 0 Å². The van der Waals surface area contributed by atoms with Gasteiger partial charge in [-0.25, -0.2) is 13.2 Å². The Kier molecular flexibility index (Phi) is 4.97. The van der Waals surface area contributed by atoms with E-state index in [4.69, 9.17) is 11.6 Å². The monoisotopic (exact) mass is 353 g/mol. The zero-order chi connectivity index (χ0) is 17.2. The lowest BCUT2D eigenvalue weighted by Gasteiger charge is -2.11. The molecule has 0 unspecified atom stereocenters. The van der Waals surface area contributed by atoms with Crippen LogP contribution in [0.1, 0.15) is 21.5 Å². The molecule has 0 spiro atoms. The fourth-order valence-electron chi connectivity index (χ4n) is 1.98. The Labute approximate surface area is 140 Å². The maximum absolute atomic E-state index is 12.5. The van der Waals surface area contributed by atoms with Gasteiger partial charge < -0.3 is 4.74 Å². The zero-order valence-electron chi connectivity index (χ0n) is 12.9. The van der Waals surface area contributed by atoms with Gasteiger partial charge in [-0.3, -0.25) is 4.72 Å². The van der Waals surface area contributed by atoms with Crippen molar-refractivity contribution in [2.45, 2.75) is 18.7 Å². The molecular formula is C16H16ClNO4S. The van der Waals surface area contributed by atoms with Gasteiger partial charge in [0.15, 0.2) is 0 Å². The molecule has 23 heavy (non-hydrogen) atoms. The molecule has 7 heteroatoms. The number of hydrogen-bond donors (Lipinski definition) is 1. The van der Waals surface area contributed by atoms with Crippen molar-refractivity contribution in [3.05, 3.63) is 58.1 Å². The minimum absolute atomic E-state index is 0.0516. The third-order valence-corrected chi connectivity index (χ3v) is 5.27. The average Bonchev–Trinajstić information content (AvgIpc) is 2.49. The van der Waals surface area contributed by atoms with Gasteiger partial charge in [0.1, 0.15) is 4.90 Å². The molecule has 0 aliphatic heterocycles. The van der Waals surface area contributed by atoms with Crippen molar-refractivity contribution in [3.8, 4) is 0 Å². The van der Waals surface area contributed by atoms with E-state index in [0.717, 1.165) is 11.1 Å². The van der Waals surface area contributed by atoms with E-state index in [2.05, 4.69) is 9.46 Å². The molecular weight excluding hydrogens is 338 g/mol. The highest BCUT2D eigenvalue weighted by Crippen LogP contribution is 2.26. The summed E-state index contributed by atoms with van der Waals surface area (Å²) in [6, 6.07) is 9.14. The van der Waals surface area contributed by atoms with Gasteiger partial charge in [0.05, 0.1) is 17.7 Å². The van der Waals surface area contributed by atoms with Gasteiger partial charge in [-0.2, -0.15) is 0 Å². The number of esters is 1. The molecule has 5 nitrogen and oxygen atoms in total. The normalized spacial score (nSPS) is 11.1. The third kappa shape index (κ3) is 3.83. The highest BCUT2D eigenvalue weighted by molar-refractivity contribution is 7.92. The van der Waals surface area contributed by atoms with Crippen LogP contribution in [0.2, 0.25) is 5.02 Å². The molecule has 0 radical (unpaired) electrons. The first-order chi connectivity index (χ1) is 10.7. The molecule has 0 aromatic heterocycles. The lowest BCUT2D eigenvalue weighted by Crippen LogP contribution is -2.14. The number of ether oxygens (including phenoxy) is 1. The molecule has 2 aromatic rings. The number of carbonyl (C=O) groups is 1. The number of anilines is 1. The summed E-state index contributed by atoms with van der Waals surface area (Å²) in [7, 11) is -2.62. The van der Waals surface area contributed by atoms with Gasteiger partial charge in [-0.15, -0.1) is 0 Å². The SMILES string of the molecule is COC(=O)c1ccc(S(=O)(=O)Nc2ccc(C)c(C)c2)c(Cl)c1. The standard InChI is InChI=1S/C16H16ClNO4S/c1-10-4-6-13(8-11(10)2)18-23(20,21)15-7-5-12(9-14(15)17)16(19)22-3/h4-9,18H,1-3H3. The summed E-state index contributed by atoms with van der Waals surface area (Å²) in [5, 5.41) is -0.0516. The molecule has 2 rings (SSSR count). The summed E-state index contributed by atoms with van der Waals surface area (Å²) in [6.07, 6.45) is 0. The molecule has 122 valence electrons. The minimum atomic E-state index is -3.86. The Morgan fingerprint density at radius 1 is 1.09 bits per heavy atom. The van der Waals surface area contributed by atoms with Crippen LogP contribution in [0.15, 0.2) is 41.3 Å². The van der Waals surface area contributed by atoms with Gasteiger partial charge in [0.2, 0.25) is 0 Å². The van der Waals surface area contributed by atoms with Crippen LogP contribution in [0.5, 0.6) is 0 Å². The van der Waals surface area contributed by atoms with Gasteiger partial charge >= 0.3 is 5.97 Å². The first kappa shape index (κ1) is 17.3. The van der Waals surface area contributed by atoms with Crippen LogP contribution in [0.3, 0.4) is 0 Å². The quantitative estimate of drug-likeness (QED) is 0.853. The van der Waals surface area contributed by atoms with Crippen LogP contribution in [-0.2, 0) is 14.8 Å². The van der Waals surface area contributed by atoms with Crippen LogP contribution in [0.4, 0.5) is 5.69 Å². The Bertz CT molecular complexity index is 862. The zero-order valence-corrected chi connectivity index (χ0v) is 14.5. The predicted molar refractivity (Wildman–Crippen MR) is 89.5 cm³/mol. The summed E-state index contributed by atoms with van der Waals surface area (Å²) in [6.45, 7) is 3.83. The molecule has 0 bridgehead atoms. The number of benzene rings is 2. The van der Waals surface area contributed by atoms with E-state index in [9.17, 15) is 13.2 Å². The van der Waals surface area contributed by atoms with Crippen LogP contribution in [0.25, 0.3) is 0 Å². The Morgan fingerprint density at radius 3 is 2.35 bits per heavy atom. The molecule has 0 amide bonds. The van der Waals surface area contributed by atoms with Crippen molar-refractivity contribution < 1.29 is 17.9 Å². The van der Waals surface area contributed by atoms with Crippen molar-refractivity contribution in [2.24, 2.45) is 0 Å². The number of carbonyl (C=O) groups excluding carboxylic acids is 1. The van der Waals surface area contributed by atoms with Crippen LogP contribution in [-0.4, -0.2) is 21.5 Å². The number of aryl methyl sites for hydroxylation is 2. The highest BCUT2D eigenvalue weighted by atomic mass is 35.5. The summed E-state index contributed by atoms with van der Waals surface area (Å²) in [5.74, 6) is -0.585. The topological polar surface area (TPSA) is 72.5 Å². The van der Waals surface area contributed by atoms with Gasteiger partial charge in [-0.05, 0) is 55.3 Å².